The van der Waals surface area contributed by atoms with Crippen molar-refractivity contribution in [3.05, 3.63) is 41.5 Å². The number of nitrogens with one attached hydrogen (secondary N) is 2. The summed E-state index contributed by atoms with van der Waals surface area (Å²) in [6.07, 6.45) is 6.07. The number of rotatable bonds is 4. The molecule has 2 N–H and O–H groups in total. The standard InChI is InChI=1S/C22H30N6S/c1-2-23-22(29)26-21-24-19(27-12-7-3-4-8-13-27)15-20(25-21)28-14-11-17-9-5-6-10-18(17)16-28/h5-6,9-10,15H,2-4,7-8,11-14,16H2,1H3,(H2,23,24,25,26,29). The van der Waals surface area contributed by atoms with Crippen molar-refractivity contribution >= 4 is 34.9 Å². The number of benzene rings is 1. The molecule has 0 spiro atoms. The van der Waals surface area contributed by atoms with Gasteiger partial charge < -0.3 is 20.4 Å². The van der Waals surface area contributed by atoms with Crippen molar-refractivity contribution in [1.29, 1.82) is 0 Å². The second-order valence-corrected chi connectivity index (χ2v) is 8.14. The fourth-order valence-electron chi connectivity index (χ4n) is 4.10. The lowest BCUT2D eigenvalue weighted by molar-refractivity contribution is 0.717. The number of nitrogens with zero attached hydrogens (tertiary/aromatic N) is 4. The summed E-state index contributed by atoms with van der Waals surface area (Å²) < 4.78 is 0. The lowest BCUT2D eigenvalue weighted by atomic mass is 10.00. The molecule has 0 aliphatic carbocycles. The highest BCUT2D eigenvalue weighted by Crippen LogP contribution is 2.28. The molecular formula is C22H30N6S. The molecule has 1 saturated heterocycles. The molecule has 0 amide bonds. The number of thiocarbonyl (C=S) groups is 1. The van der Waals surface area contributed by atoms with E-state index in [9.17, 15) is 0 Å². The number of aromatic nitrogens is 2. The Morgan fingerprint density at radius 3 is 2.38 bits per heavy atom. The normalized spacial score (nSPS) is 16.7. The second kappa shape index (κ2) is 9.39. The molecule has 29 heavy (non-hydrogen) atoms. The van der Waals surface area contributed by atoms with Gasteiger partial charge in [-0.15, -0.1) is 0 Å². The van der Waals surface area contributed by atoms with E-state index in [-0.39, 0.29) is 0 Å². The van der Waals surface area contributed by atoms with Crippen LogP contribution in [0, 0.1) is 0 Å². The summed E-state index contributed by atoms with van der Waals surface area (Å²) in [6, 6.07) is 10.9. The average molecular weight is 411 g/mol. The number of anilines is 3. The fourth-order valence-corrected chi connectivity index (χ4v) is 4.33. The van der Waals surface area contributed by atoms with Gasteiger partial charge in [-0.1, -0.05) is 37.1 Å². The highest BCUT2D eigenvalue weighted by atomic mass is 32.1. The first kappa shape index (κ1) is 19.9. The summed E-state index contributed by atoms with van der Waals surface area (Å²) in [5.74, 6) is 2.54. The predicted octanol–water partition coefficient (Wildman–Crippen LogP) is 3.73. The summed E-state index contributed by atoms with van der Waals surface area (Å²) in [5.41, 5.74) is 2.82. The molecule has 0 unspecified atom stereocenters. The minimum absolute atomic E-state index is 0.565. The first-order valence-electron chi connectivity index (χ1n) is 10.7. The first-order chi connectivity index (χ1) is 14.2. The molecule has 6 nitrogen and oxygen atoms in total. The zero-order valence-corrected chi connectivity index (χ0v) is 18.0. The molecule has 7 heteroatoms. The molecule has 3 heterocycles. The first-order valence-corrected chi connectivity index (χ1v) is 11.1. The summed E-state index contributed by atoms with van der Waals surface area (Å²) in [4.78, 5) is 14.4. The van der Waals surface area contributed by atoms with Crippen molar-refractivity contribution in [3.8, 4) is 0 Å². The third-order valence-corrected chi connectivity index (χ3v) is 5.89. The van der Waals surface area contributed by atoms with Gasteiger partial charge in [-0.3, -0.25) is 0 Å². The molecule has 4 rings (SSSR count). The van der Waals surface area contributed by atoms with Crippen LogP contribution in [0.3, 0.4) is 0 Å². The molecule has 2 aliphatic heterocycles. The van der Waals surface area contributed by atoms with Crippen LogP contribution in [0.2, 0.25) is 0 Å². The van der Waals surface area contributed by atoms with Crippen molar-refractivity contribution < 1.29 is 0 Å². The molecule has 0 bridgehead atoms. The maximum atomic E-state index is 5.38. The van der Waals surface area contributed by atoms with E-state index in [1.54, 1.807) is 0 Å². The maximum absolute atomic E-state index is 5.38. The monoisotopic (exact) mass is 410 g/mol. The van der Waals surface area contributed by atoms with Crippen LogP contribution >= 0.6 is 12.2 Å². The van der Waals surface area contributed by atoms with E-state index >= 15 is 0 Å². The largest absolute Gasteiger partial charge is 0.363 e. The minimum Gasteiger partial charge on any atom is -0.363 e. The van der Waals surface area contributed by atoms with Gasteiger partial charge in [-0.05, 0) is 49.5 Å². The zero-order chi connectivity index (χ0) is 20.1. The van der Waals surface area contributed by atoms with E-state index in [0.29, 0.717) is 11.1 Å². The van der Waals surface area contributed by atoms with Crippen LogP contribution in [0.4, 0.5) is 17.6 Å². The molecule has 2 aliphatic rings. The number of fused-ring (bicyclic) bond motifs is 1. The van der Waals surface area contributed by atoms with Crippen LogP contribution in [0.5, 0.6) is 0 Å². The summed E-state index contributed by atoms with van der Waals surface area (Å²) >= 11 is 5.38. The Balaban J connectivity index is 1.63. The van der Waals surface area contributed by atoms with Crippen molar-refractivity contribution in [2.75, 3.05) is 41.3 Å². The summed E-state index contributed by atoms with van der Waals surface area (Å²) in [5, 5.41) is 6.87. The van der Waals surface area contributed by atoms with Gasteiger partial charge >= 0.3 is 0 Å². The summed E-state index contributed by atoms with van der Waals surface area (Å²) in [7, 11) is 0. The van der Waals surface area contributed by atoms with Gasteiger partial charge in [0.15, 0.2) is 5.11 Å². The molecule has 0 atom stereocenters. The minimum atomic E-state index is 0.565. The number of hydrogen-bond donors (Lipinski definition) is 2. The third kappa shape index (κ3) is 4.96. The lowest BCUT2D eigenvalue weighted by Gasteiger charge is -2.31. The molecule has 0 radical (unpaired) electrons. The van der Waals surface area contributed by atoms with Gasteiger partial charge in [-0.2, -0.15) is 9.97 Å². The van der Waals surface area contributed by atoms with E-state index in [2.05, 4.69) is 50.8 Å². The van der Waals surface area contributed by atoms with E-state index in [0.717, 1.165) is 50.8 Å². The van der Waals surface area contributed by atoms with Crippen molar-refractivity contribution in [2.24, 2.45) is 0 Å². The van der Waals surface area contributed by atoms with Gasteiger partial charge in [0.1, 0.15) is 11.6 Å². The Hall–Kier alpha value is -2.41. The topological polar surface area (TPSA) is 56.3 Å². The Kier molecular flexibility index (Phi) is 6.44. The van der Waals surface area contributed by atoms with Gasteiger partial charge in [0.25, 0.3) is 0 Å². The molecular weight excluding hydrogens is 380 g/mol. The van der Waals surface area contributed by atoms with Crippen LogP contribution in [-0.2, 0) is 13.0 Å². The fraction of sp³-hybridized carbons (Fsp3) is 0.500. The van der Waals surface area contributed by atoms with E-state index in [1.165, 1.54) is 36.8 Å². The van der Waals surface area contributed by atoms with Crippen molar-refractivity contribution in [2.45, 2.75) is 45.6 Å². The van der Waals surface area contributed by atoms with Crippen LogP contribution in [-0.4, -0.2) is 41.3 Å². The van der Waals surface area contributed by atoms with Crippen LogP contribution < -0.4 is 20.4 Å². The Morgan fingerprint density at radius 1 is 0.966 bits per heavy atom. The molecule has 154 valence electrons. The Bertz CT molecular complexity index is 847. The highest BCUT2D eigenvalue weighted by molar-refractivity contribution is 7.80. The van der Waals surface area contributed by atoms with Crippen LogP contribution in [0.15, 0.2) is 30.3 Å². The lowest BCUT2D eigenvalue weighted by Crippen LogP contribution is -2.33. The quantitative estimate of drug-likeness (QED) is 0.745. The molecule has 2 aromatic rings. The second-order valence-electron chi connectivity index (χ2n) is 7.73. The van der Waals surface area contributed by atoms with Gasteiger partial charge in [0, 0.05) is 38.8 Å². The Morgan fingerprint density at radius 2 is 1.66 bits per heavy atom. The van der Waals surface area contributed by atoms with E-state index < -0.39 is 0 Å². The van der Waals surface area contributed by atoms with E-state index in [1.807, 2.05) is 6.92 Å². The highest BCUT2D eigenvalue weighted by Gasteiger charge is 2.21. The molecule has 1 fully saturated rings. The van der Waals surface area contributed by atoms with Crippen LogP contribution in [0.1, 0.15) is 43.7 Å². The molecule has 1 aromatic carbocycles. The van der Waals surface area contributed by atoms with Gasteiger partial charge in [0.05, 0.1) is 0 Å². The van der Waals surface area contributed by atoms with Crippen LogP contribution in [0.25, 0.3) is 0 Å². The smallest absolute Gasteiger partial charge is 0.232 e. The Labute approximate surface area is 178 Å². The zero-order valence-electron chi connectivity index (χ0n) is 17.2. The van der Waals surface area contributed by atoms with Gasteiger partial charge in [0.2, 0.25) is 5.95 Å². The molecule has 0 saturated carbocycles. The SMILES string of the molecule is CCNC(=S)Nc1nc(N2CCCCCC2)cc(N2CCc3ccccc3C2)n1. The van der Waals surface area contributed by atoms with E-state index in [4.69, 9.17) is 22.2 Å². The maximum Gasteiger partial charge on any atom is 0.232 e. The molecule has 1 aromatic heterocycles. The van der Waals surface area contributed by atoms with Crippen molar-refractivity contribution in [3.63, 3.8) is 0 Å². The summed E-state index contributed by atoms with van der Waals surface area (Å²) in [6.45, 7) is 6.74. The van der Waals surface area contributed by atoms with Gasteiger partial charge in [-0.25, -0.2) is 0 Å². The third-order valence-electron chi connectivity index (χ3n) is 5.65. The average Bonchev–Trinajstić information content (AvgIpc) is 3.03. The number of hydrogen-bond acceptors (Lipinski definition) is 5. The van der Waals surface area contributed by atoms with Crippen molar-refractivity contribution in [1.82, 2.24) is 15.3 Å². The predicted molar refractivity (Wildman–Crippen MR) is 124 cm³/mol.